The van der Waals surface area contributed by atoms with Crippen LogP contribution in [0.3, 0.4) is 0 Å². The molecule has 2 N–H and O–H groups in total. The van der Waals surface area contributed by atoms with E-state index in [1.807, 2.05) is 13.8 Å². The third-order valence-electron chi connectivity index (χ3n) is 2.70. The van der Waals surface area contributed by atoms with Gasteiger partial charge in [-0.1, -0.05) is 13.8 Å². The molecule has 0 radical (unpaired) electrons. The van der Waals surface area contributed by atoms with Crippen molar-refractivity contribution in [2.24, 2.45) is 5.41 Å². The van der Waals surface area contributed by atoms with Gasteiger partial charge in [0.25, 0.3) is 0 Å². The Bertz CT molecular complexity index is 142. The highest BCUT2D eigenvalue weighted by atomic mass is 16.3. The van der Waals surface area contributed by atoms with Gasteiger partial charge < -0.3 is 10.4 Å². The number of rotatable bonds is 3. The van der Waals surface area contributed by atoms with E-state index in [2.05, 4.69) is 19.2 Å². The molecule has 11 heavy (non-hydrogen) atoms. The van der Waals surface area contributed by atoms with E-state index in [0.29, 0.717) is 11.5 Å². The van der Waals surface area contributed by atoms with Crippen molar-refractivity contribution in [2.75, 3.05) is 0 Å². The topological polar surface area (TPSA) is 32.3 Å². The molecule has 3 atom stereocenters. The third-order valence-corrected chi connectivity index (χ3v) is 2.70. The van der Waals surface area contributed by atoms with Gasteiger partial charge in [-0.2, -0.15) is 0 Å². The molecule has 0 heterocycles. The number of hydrogen-bond acceptors (Lipinski definition) is 2. The zero-order valence-electron chi connectivity index (χ0n) is 7.89. The molecular formula is C9H19NO. The Hall–Kier alpha value is -0.0800. The molecule has 2 nitrogen and oxygen atoms in total. The largest absolute Gasteiger partial charge is 0.392 e. The lowest BCUT2D eigenvalue weighted by molar-refractivity contribution is 0.150. The van der Waals surface area contributed by atoms with Gasteiger partial charge in [-0.05, 0) is 25.7 Å². The Morgan fingerprint density at radius 3 is 2.18 bits per heavy atom. The normalized spacial score (nSPS) is 33.0. The van der Waals surface area contributed by atoms with Crippen molar-refractivity contribution in [3.63, 3.8) is 0 Å². The molecule has 0 aliphatic heterocycles. The first-order chi connectivity index (χ1) is 4.93. The molecule has 2 heteroatoms. The lowest BCUT2D eigenvalue weighted by atomic mass is 10.1. The van der Waals surface area contributed by atoms with E-state index in [9.17, 15) is 5.11 Å². The summed E-state index contributed by atoms with van der Waals surface area (Å²) in [5.41, 5.74) is 0.461. The molecule has 0 spiro atoms. The van der Waals surface area contributed by atoms with Crippen molar-refractivity contribution in [3.8, 4) is 0 Å². The third kappa shape index (κ3) is 2.17. The molecule has 0 aromatic heterocycles. The minimum Gasteiger partial charge on any atom is -0.392 e. The first-order valence-electron chi connectivity index (χ1n) is 4.37. The van der Waals surface area contributed by atoms with Gasteiger partial charge >= 0.3 is 0 Å². The Morgan fingerprint density at radius 2 is 1.91 bits per heavy atom. The van der Waals surface area contributed by atoms with Crippen LogP contribution in [-0.4, -0.2) is 23.3 Å². The van der Waals surface area contributed by atoms with Gasteiger partial charge in [-0.3, -0.25) is 0 Å². The fourth-order valence-electron chi connectivity index (χ4n) is 1.21. The summed E-state index contributed by atoms with van der Waals surface area (Å²) in [6.45, 7) is 8.35. The van der Waals surface area contributed by atoms with E-state index in [-0.39, 0.29) is 12.1 Å². The standard InChI is InChI=1S/C9H19NO/c1-6(7(2)11)10-8-5-9(8,3)4/h6-8,10-11H,5H2,1-4H3. The molecule has 3 unspecified atom stereocenters. The quantitative estimate of drug-likeness (QED) is 0.644. The SMILES string of the molecule is CC(O)C(C)NC1CC1(C)C. The fraction of sp³-hybridized carbons (Fsp3) is 1.00. The van der Waals surface area contributed by atoms with Crippen LogP contribution in [0.5, 0.6) is 0 Å². The van der Waals surface area contributed by atoms with Gasteiger partial charge in [-0.15, -0.1) is 0 Å². The Balaban J connectivity index is 2.23. The van der Waals surface area contributed by atoms with Crippen LogP contribution >= 0.6 is 0 Å². The maximum absolute atomic E-state index is 9.21. The summed E-state index contributed by atoms with van der Waals surface area (Å²) < 4.78 is 0. The highest BCUT2D eigenvalue weighted by Gasteiger charge is 2.46. The first-order valence-corrected chi connectivity index (χ1v) is 4.37. The second-order valence-corrected chi connectivity index (χ2v) is 4.44. The zero-order valence-corrected chi connectivity index (χ0v) is 7.89. The van der Waals surface area contributed by atoms with E-state index in [4.69, 9.17) is 0 Å². The maximum Gasteiger partial charge on any atom is 0.0662 e. The van der Waals surface area contributed by atoms with Gasteiger partial charge in [0.1, 0.15) is 0 Å². The Kier molecular flexibility index (Phi) is 2.26. The second-order valence-electron chi connectivity index (χ2n) is 4.44. The zero-order chi connectivity index (χ0) is 8.65. The lowest BCUT2D eigenvalue weighted by Gasteiger charge is -2.17. The van der Waals surface area contributed by atoms with Crippen LogP contribution in [-0.2, 0) is 0 Å². The van der Waals surface area contributed by atoms with Crippen LogP contribution in [0.15, 0.2) is 0 Å². The van der Waals surface area contributed by atoms with E-state index in [1.165, 1.54) is 6.42 Å². The molecular weight excluding hydrogens is 138 g/mol. The second kappa shape index (κ2) is 2.76. The Morgan fingerprint density at radius 1 is 1.45 bits per heavy atom. The van der Waals surface area contributed by atoms with Crippen LogP contribution < -0.4 is 5.32 Å². The Labute approximate surface area is 69.0 Å². The summed E-state index contributed by atoms with van der Waals surface area (Å²) in [6.07, 6.45) is 0.996. The van der Waals surface area contributed by atoms with Crippen molar-refractivity contribution in [1.82, 2.24) is 5.32 Å². The number of aliphatic hydroxyl groups is 1. The van der Waals surface area contributed by atoms with Gasteiger partial charge in [0.15, 0.2) is 0 Å². The van der Waals surface area contributed by atoms with Crippen molar-refractivity contribution < 1.29 is 5.11 Å². The van der Waals surface area contributed by atoms with Crippen LogP contribution in [0.25, 0.3) is 0 Å². The van der Waals surface area contributed by atoms with Gasteiger partial charge in [-0.25, -0.2) is 0 Å². The molecule has 0 amide bonds. The highest BCUT2D eigenvalue weighted by Crippen LogP contribution is 2.44. The summed E-state index contributed by atoms with van der Waals surface area (Å²) in [6, 6.07) is 0.842. The van der Waals surface area contributed by atoms with Gasteiger partial charge in [0.05, 0.1) is 6.10 Å². The first kappa shape index (κ1) is 9.01. The predicted molar refractivity (Wildman–Crippen MR) is 46.5 cm³/mol. The molecule has 1 aliphatic carbocycles. The molecule has 0 aromatic rings. The number of nitrogens with one attached hydrogen (secondary N) is 1. The van der Waals surface area contributed by atoms with Crippen molar-refractivity contribution in [3.05, 3.63) is 0 Å². The average Bonchev–Trinajstić information content (AvgIpc) is 2.39. The van der Waals surface area contributed by atoms with E-state index in [0.717, 1.165) is 0 Å². The summed E-state index contributed by atoms with van der Waals surface area (Å²) >= 11 is 0. The molecule has 0 bridgehead atoms. The fourth-order valence-corrected chi connectivity index (χ4v) is 1.21. The summed E-state index contributed by atoms with van der Waals surface area (Å²) in [7, 11) is 0. The predicted octanol–water partition coefficient (Wildman–Crippen LogP) is 1.14. The van der Waals surface area contributed by atoms with Crippen LogP contribution in [0.2, 0.25) is 0 Å². The molecule has 1 fully saturated rings. The summed E-state index contributed by atoms with van der Waals surface area (Å²) in [5.74, 6) is 0. The van der Waals surface area contributed by atoms with Gasteiger partial charge in [0.2, 0.25) is 0 Å². The summed E-state index contributed by atoms with van der Waals surface area (Å²) in [4.78, 5) is 0. The minimum atomic E-state index is -0.244. The van der Waals surface area contributed by atoms with Crippen LogP contribution in [0.4, 0.5) is 0 Å². The summed E-state index contributed by atoms with van der Waals surface area (Å²) in [5, 5.41) is 12.6. The molecule has 1 saturated carbocycles. The maximum atomic E-state index is 9.21. The molecule has 1 aliphatic rings. The number of aliphatic hydroxyl groups excluding tert-OH is 1. The molecule has 0 aromatic carbocycles. The van der Waals surface area contributed by atoms with Crippen molar-refractivity contribution in [2.45, 2.75) is 52.3 Å². The van der Waals surface area contributed by atoms with Crippen LogP contribution in [0.1, 0.15) is 34.1 Å². The van der Waals surface area contributed by atoms with Gasteiger partial charge in [0, 0.05) is 12.1 Å². The number of hydrogen-bond donors (Lipinski definition) is 2. The molecule has 0 saturated heterocycles. The molecule has 1 rings (SSSR count). The molecule has 66 valence electrons. The monoisotopic (exact) mass is 157 g/mol. The van der Waals surface area contributed by atoms with Crippen molar-refractivity contribution >= 4 is 0 Å². The van der Waals surface area contributed by atoms with Crippen molar-refractivity contribution in [1.29, 1.82) is 0 Å². The lowest BCUT2D eigenvalue weighted by Crippen LogP contribution is -2.38. The van der Waals surface area contributed by atoms with E-state index in [1.54, 1.807) is 0 Å². The average molecular weight is 157 g/mol. The minimum absolute atomic E-state index is 0.224. The van der Waals surface area contributed by atoms with E-state index < -0.39 is 0 Å². The van der Waals surface area contributed by atoms with E-state index >= 15 is 0 Å². The van der Waals surface area contributed by atoms with Crippen LogP contribution in [0, 0.1) is 5.41 Å². The highest BCUT2D eigenvalue weighted by molar-refractivity contribution is 5.02. The smallest absolute Gasteiger partial charge is 0.0662 e.